The van der Waals surface area contributed by atoms with E-state index in [1.807, 2.05) is 49.0 Å². The van der Waals surface area contributed by atoms with Crippen molar-refractivity contribution in [1.29, 1.82) is 0 Å². The summed E-state index contributed by atoms with van der Waals surface area (Å²) in [6.45, 7) is 3.62. The molecule has 1 amide bonds. The van der Waals surface area contributed by atoms with Crippen molar-refractivity contribution in [2.24, 2.45) is 0 Å². The van der Waals surface area contributed by atoms with Crippen molar-refractivity contribution in [2.75, 3.05) is 31.2 Å². The molecule has 0 radical (unpaired) electrons. The minimum atomic E-state index is -0.258. The molecular formula is C15H22N2O2S. The van der Waals surface area contributed by atoms with Crippen LogP contribution in [0.2, 0.25) is 0 Å². The smallest absolute Gasteiger partial charge is 0.242 e. The average molecular weight is 294 g/mol. The molecule has 1 heterocycles. The lowest BCUT2D eigenvalue weighted by Gasteiger charge is -2.34. The molecule has 20 heavy (non-hydrogen) atoms. The van der Waals surface area contributed by atoms with E-state index in [4.69, 9.17) is 5.11 Å². The van der Waals surface area contributed by atoms with Crippen molar-refractivity contribution < 1.29 is 9.90 Å². The maximum atomic E-state index is 12.5. The highest BCUT2D eigenvalue weighted by molar-refractivity contribution is 7.99. The number of carbonyl (C=O) groups is 1. The first-order valence-electron chi connectivity index (χ1n) is 7.00. The van der Waals surface area contributed by atoms with Gasteiger partial charge >= 0.3 is 0 Å². The lowest BCUT2D eigenvalue weighted by molar-refractivity contribution is -0.127. The predicted molar refractivity (Wildman–Crippen MR) is 82.8 cm³/mol. The molecule has 0 aliphatic carbocycles. The van der Waals surface area contributed by atoms with Crippen molar-refractivity contribution in [3.8, 4) is 0 Å². The van der Waals surface area contributed by atoms with Crippen LogP contribution in [0.25, 0.3) is 0 Å². The van der Waals surface area contributed by atoms with Gasteiger partial charge in [-0.2, -0.15) is 11.8 Å². The summed E-state index contributed by atoms with van der Waals surface area (Å²) >= 11 is 1.93. The number of amides is 1. The Kier molecular flexibility index (Phi) is 5.88. The van der Waals surface area contributed by atoms with Gasteiger partial charge in [0.25, 0.3) is 0 Å². The third kappa shape index (κ3) is 3.98. The first-order valence-corrected chi connectivity index (χ1v) is 8.16. The van der Waals surface area contributed by atoms with Gasteiger partial charge in [-0.25, -0.2) is 0 Å². The van der Waals surface area contributed by atoms with Crippen LogP contribution in [0.3, 0.4) is 0 Å². The second kappa shape index (κ2) is 7.67. The molecule has 1 aromatic carbocycles. The zero-order chi connectivity index (χ0) is 14.4. The Balaban J connectivity index is 2.17. The molecule has 1 aliphatic rings. The molecular weight excluding hydrogens is 272 g/mol. The summed E-state index contributed by atoms with van der Waals surface area (Å²) in [5.74, 6) is 2.10. The van der Waals surface area contributed by atoms with Gasteiger partial charge in [0.15, 0.2) is 0 Å². The van der Waals surface area contributed by atoms with E-state index in [0.717, 1.165) is 30.2 Å². The number of rotatable bonds is 5. The van der Waals surface area contributed by atoms with Crippen LogP contribution in [0.15, 0.2) is 30.3 Å². The van der Waals surface area contributed by atoms with E-state index in [1.54, 1.807) is 0 Å². The van der Waals surface area contributed by atoms with E-state index in [2.05, 4.69) is 10.2 Å². The van der Waals surface area contributed by atoms with Crippen LogP contribution in [-0.4, -0.2) is 53.2 Å². The van der Waals surface area contributed by atoms with Gasteiger partial charge in [0.1, 0.15) is 6.04 Å². The molecule has 0 bridgehead atoms. The lowest BCUT2D eigenvalue weighted by atomic mass is 10.0. The first kappa shape index (κ1) is 15.4. The minimum absolute atomic E-state index is 0.0235. The number of nitrogens with one attached hydrogen (secondary N) is 1. The molecule has 2 N–H and O–H groups in total. The number of hydrogen-bond acceptors (Lipinski definition) is 4. The summed E-state index contributed by atoms with van der Waals surface area (Å²) in [6, 6.07) is 9.40. The van der Waals surface area contributed by atoms with Gasteiger partial charge in [-0.3, -0.25) is 9.69 Å². The van der Waals surface area contributed by atoms with Gasteiger partial charge in [0.2, 0.25) is 5.91 Å². The number of thioether (sulfide) groups is 1. The van der Waals surface area contributed by atoms with E-state index in [1.165, 1.54) is 0 Å². The second-order valence-corrected chi connectivity index (χ2v) is 6.28. The van der Waals surface area contributed by atoms with Crippen LogP contribution in [0.4, 0.5) is 0 Å². The molecule has 1 fully saturated rings. The second-order valence-electron chi connectivity index (χ2n) is 5.05. The highest BCUT2D eigenvalue weighted by Gasteiger charge is 2.29. The molecule has 2 atom stereocenters. The molecule has 0 saturated carbocycles. The lowest BCUT2D eigenvalue weighted by Crippen LogP contribution is -2.47. The SMILES string of the molecule is CC(CO)NC(=O)C(c1ccccc1)N1CCSCC1. The van der Waals surface area contributed by atoms with Crippen LogP contribution in [0.5, 0.6) is 0 Å². The van der Waals surface area contributed by atoms with Gasteiger partial charge in [0.05, 0.1) is 6.61 Å². The van der Waals surface area contributed by atoms with E-state index >= 15 is 0 Å². The molecule has 0 spiro atoms. The molecule has 2 unspecified atom stereocenters. The molecule has 0 aromatic heterocycles. The first-order chi connectivity index (χ1) is 9.72. The van der Waals surface area contributed by atoms with Crippen LogP contribution in [-0.2, 0) is 4.79 Å². The third-order valence-electron chi connectivity index (χ3n) is 3.44. The fourth-order valence-corrected chi connectivity index (χ4v) is 3.30. The largest absolute Gasteiger partial charge is 0.394 e. The summed E-state index contributed by atoms with van der Waals surface area (Å²) in [5.41, 5.74) is 1.02. The number of benzene rings is 1. The van der Waals surface area contributed by atoms with Crippen LogP contribution >= 0.6 is 11.8 Å². The Hall–Kier alpha value is -1.04. The quantitative estimate of drug-likeness (QED) is 0.859. The number of hydrogen-bond donors (Lipinski definition) is 2. The molecule has 110 valence electrons. The van der Waals surface area contributed by atoms with Gasteiger partial charge < -0.3 is 10.4 Å². The summed E-state index contributed by atoms with van der Waals surface area (Å²) < 4.78 is 0. The van der Waals surface area contributed by atoms with Crippen LogP contribution < -0.4 is 5.32 Å². The maximum absolute atomic E-state index is 12.5. The van der Waals surface area contributed by atoms with Crippen molar-refractivity contribution in [3.63, 3.8) is 0 Å². The number of aliphatic hydroxyl groups excluding tert-OH is 1. The maximum Gasteiger partial charge on any atom is 0.242 e. The molecule has 1 saturated heterocycles. The van der Waals surface area contributed by atoms with Gasteiger partial charge in [0, 0.05) is 30.6 Å². The summed E-state index contributed by atoms with van der Waals surface area (Å²) in [6.07, 6.45) is 0. The summed E-state index contributed by atoms with van der Waals surface area (Å²) in [5, 5.41) is 12.0. The molecule has 1 aromatic rings. The van der Waals surface area contributed by atoms with Crippen molar-refractivity contribution in [1.82, 2.24) is 10.2 Å². The monoisotopic (exact) mass is 294 g/mol. The van der Waals surface area contributed by atoms with Crippen molar-refractivity contribution in [2.45, 2.75) is 19.0 Å². The fourth-order valence-electron chi connectivity index (χ4n) is 2.37. The Bertz CT molecular complexity index is 421. The topological polar surface area (TPSA) is 52.6 Å². The van der Waals surface area contributed by atoms with E-state index < -0.39 is 0 Å². The summed E-state index contributed by atoms with van der Waals surface area (Å²) in [7, 11) is 0. The minimum Gasteiger partial charge on any atom is -0.394 e. The van der Waals surface area contributed by atoms with Gasteiger partial charge in [-0.15, -0.1) is 0 Å². The average Bonchev–Trinajstić information content (AvgIpc) is 2.49. The normalized spacial score (nSPS) is 19.3. The number of aliphatic hydroxyl groups is 1. The standard InChI is InChI=1S/C15H22N2O2S/c1-12(11-18)16-15(19)14(13-5-3-2-4-6-13)17-7-9-20-10-8-17/h2-6,12,14,18H,7-11H2,1H3,(H,16,19). The Labute approximate surface area is 124 Å². The highest BCUT2D eigenvalue weighted by atomic mass is 32.2. The van der Waals surface area contributed by atoms with Crippen LogP contribution in [0, 0.1) is 0 Å². The summed E-state index contributed by atoms with van der Waals surface area (Å²) in [4.78, 5) is 14.8. The zero-order valence-electron chi connectivity index (χ0n) is 11.8. The van der Waals surface area contributed by atoms with Crippen LogP contribution in [0.1, 0.15) is 18.5 Å². The Morgan fingerprint density at radius 2 is 2.00 bits per heavy atom. The Morgan fingerprint density at radius 1 is 1.35 bits per heavy atom. The molecule has 5 heteroatoms. The van der Waals surface area contributed by atoms with E-state index in [9.17, 15) is 4.79 Å². The third-order valence-corrected chi connectivity index (χ3v) is 4.38. The fraction of sp³-hybridized carbons (Fsp3) is 0.533. The molecule has 2 rings (SSSR count). The zero-order valence-corrected chi connectivity index (χ0v) is 12.6. The van der Waals surface area contributed by atoms with Gasteiger partial charge in [-0.1, -0.05) is 30.3 Å². The van der Waals surface area contributed by atoms with E-state index in [0.29, 0.717) is 0 Å². The predicted octanol–water partition coefficient (Wildman–Crippen LogP) is 1.27. The molecule has 4 nitrogen and oxygen atoms in total. The van der Waals surface area contributed by atoms with Crippen molar-refractivity contribution in [3.05, 3.63) is 35.9 Å². The number of carbonyl (C=O) groups excluding carboxylic acids is 1. The number of nitrogens with zero attached hydrogens (tertiary/aromatic N) is 1. The van der Waals surface area contributed by atoms with Crippen molar-refractivity contribution >= 4 is 17.7 Å². The van der Waals surface area contributed by atoms with E-state index in [-0.39, 0.29) is 24.6 Å². The van der Waals surface area contributed by atoms with Gasteiger partial charge in [-0.05, 0) is 12.5 Å². The Morgan fingerprint density at radius 3 is 2.60 bits per heavy atom. The highest BCUT2D eigenvalue weighted by Crippen LogP contribution is 2.24. The molecule has 1 aliphatic heterocycles.